The van der Waals surface area contributed by atoms with Crippen LogP contribution in [0.2, 0.25) is 0 Å². The molecule has 1 aromatic rings. The molecule has 1 saturated heterocycles. The summed E-state index contributed by atoms with van der Waals surface area (Å²) in [6, 6.07) is 9.23. The van der Waals surface area contributed by atoms with Gasteiger partial charge >= 0.3 is 5.97 Å². The molecule has 6 nitrogen and oxygen atoms in total. The largest absolute Gasteiger partial charge is 0.480 e. The molecule has 1 unspecified atom stereocenters. The summed E-state index contributed by atoms with van der Waals surface area (Å²) in [7, 11) is 0. The van der Waals surface area contributed by atoms with Crippen molar-refractivity contribution in [2.45, 2.75) is 31.7 Å². The summed E-state index contributed by atoms with van der Waals surface area (Å²) in [5.74, 6) is -1.62. The van der Waals surface area contributed by atoms with Crippen molar-refractivity contribution in [2.24, 2.45) is 0 Å². The third kappa shape index (κ3) is 3.44. The Kier molecular flexibility index (Phi) is 4.80. The first-order valence-corrected chi connectivity index (χ1v) is 7.28. The number of aliphatic carboxylic acids is 1. The van der Waals surface area contributed by atoms with Gasteiger partial charge in [-0.25, -0.2) is 4.79 Å². The molecular weight excluding hydrogens is 284 g/mol. The summed E-state index contributed by atoms with van der Waals surface area (Å²) in [5.41, 5.74) is -0.301. The Morgan fingerprint density at radius 3 is 2.59 bits per heavy atom. The van der Waals surface area contributed by atoms with Gasteiger partial charge in [0, 0.05) is 6.54 Å². The second kappa shape index (κ2) is 6.60. The lowest BCUT2D eigenvalue weighted by Gasteiger charge is -2.31. The molecule has 0 bridgehead atoms. The van der Waals surface area contributed by atoms with Crippen molar-refractivity contribution in [3.8, 4) is 0 Å². The number of nitrogens with zero attached hydrogens (tertiary/aromatic N) is 1. The van der Waals surface area contributed by atoms with E-state index in [-0.39, 0.29) is 24.8 Å². The molecule has 2 amide bonds. The van der Waals surface area contributed by atoms with Crippen LogP contribution in [0.5, 0.6) is 0 Å². The lowest BCUT2D eigenvalue weighted by atomic mass is 9.99. The minimum absolute atomic E-state index is 0.172. The van der Waals surface area contributed by atoms with Crippen molar-refractivity contribution in [1.29, 1.82) is 0 Å². The SMILES string of the molecule is CC1(C(=O)O)CCCN1C(=O)CNC(=O)Cc1ccccc1. The maximum Gasteiger partial charge on any atom is 0.329 e. The number of carboxylic acids is 1. The molecule has 0 spiro atoms. The number of amides is 2. The van der Waals surface area contributed by atoms with Crippen LogP contribution in [0, 0.1) is 0 Å². The van der Waals surface area contributed by atoms with Crippen LogP contribution < -0.4 is 5.32 Å². The van der Waals surface area contributed by atoms with E-state index in [2.05, 4.69) is 5.32 Å². The van der Waals surface area contributed by atoms with E-state index in [4.69, 9.17) is 0 Å². The summed E-state index contributed by atoms with van der Waals surface area (Å²) < 4.78 is 0. The van der Waals surface area contributed by atoms with Crippen molar-refractivity contribution in [3.05, 3.63) is 35.9 Å². The monoisotopic (exact) mass is 304 g/mol. The van der Waals surface area contributed by atoms with E-state index in [0.717, 1.165) is 5.56 Å². The third-order valence-electron chi connectivity index (χ3n) is 4.05. The van der Waals surface area contributed by atoms with Crippen LogP contribution in [-0.2, 0) is 20.8 Å². The fraction of sp³-hybridized carbons (Fsp3) is 0.438. The summed E-state index contributed by atoms with van der Waals surface area (Å²) in [6.45, 7) is 1.79. The third-order valence-corrected chi connectivity index (χ3v) is 4.05. The van der Waals surface area contributed by atoms with Crippen LogP contribution in [0.15, 0.2) is 30.3 Å². The van der Waals surface area contributed by atoms with Crippen LogP contribution in [0.3, 0.4) is 0 Å². The van der Waals surface area contributed by atoms with Crippen LogP contribution in [0.1, 0.15) is 25.3 Å². The Bertz CT molecular complexity index is 573. The number of carbonyl (C=O) groups excluding carboxylic acids is 2. The molecule has 1 atom stereocenters. The number of benzene rings is 1. The highest BCUT2D eigenvalue weighted by molar-refractivity contribution is 5.90. The molecule has 22 heavy (non-hydrogen) atoms. The van der Waals surface area contributed by atoms with E-state index in [1.54, 1.807) is 6.92 Å². The Morgan fingerprint density at radius 2 is 1.95 bits per heavy atom. The van der Waals surface area contributed by atoms with Gasteiger partial charge in [0.05, 0.1) is 13.0 Å². The molecule has 1 aliphatic rings. The van der Waals surface area contributed by atoms with Gasteiger partial charge < -0.3 is 15.3 Å². The van der Waals surface area contributed by atoms with Crippen molar-refractivity contribution >= 4 is 17.8 Å². The van der Waals surface area contributed by atoms with Crippen molar-refractivity contribution in [2.75, 3.05) is 13.1 Å². The van der Waals surface area contributed by atoms with Gasteiger partial charge in [-0.05, 0) is 25.3 Å². The van der Waals surface area contributed by atoms with Crippen molar-refractivity contribution in [1.82, 2.24) is 10.2 Å². The number of rotatable bonds is 5. The number of nitrogens with one attached hydrogen (secondary N) is 1. The maximum absolute atomic E-state index is 12.2. The van der Waals surface area contributed by atoms with Gasteiger partial charge in [0.25, 0.3) is 0 Å². The van der Waals surface area contributed by atoms with E-state index in [0.29, 0.717) is 19.4 Å². The smallest absolute Gasteiger partial charge is 0.329 e. The molecule has 1 fully saturated rings. The Labute approximate surface area is 129 Å². The Balaban J connectivity index is 1.87. The minimum Gasteiger partial charge on any atom is -0.480 e. The highest BCUT2D eigenvalue weighted by Gasteiger charge is 2.45. The standard InChI is InChI=1S/C16H20N2O4/c1-16(15(21)22)8-5-9-18(16)14(20)11-17-13(19)10-12-6-3-2-4-7-12/h2-4,6-7H,5,8-11H2,1H3,(H,17,19)(H,21,22). The first kappa shape index (κ1) is 16.0. The summed E-state index contributed by atoms with van der Waals surface area (Å²) in [5, 5.41) is 11.8. The van der Waals surface area contributed by atoms with E-state index in [9.17, 15) is 19.5 Å². The Hall–Kier alpha value is -2.37. The molecule has 0 aromatic heterocycles. The van der Waals surface area contributed by atoms with Gasteiger partial charge in [-0.15, -0.1) is 0 Å². The molecular formula is C16H20N2O4. The fourth-order valence-electron chi connectivity index (χ4n) is 2.70. The summed E-state index contributed by atoms with van der Waals surface area (Å²) in [6.07, 6.45) is 1.29. The quantitative estimate of drug-likeness (QED) is 0.843. The summed E-state index contributed by atoms with van der Waals surface area (Å²) in [4.78, 5) is 36.7. The predicted octanol–water partition coefficient (Wildman–Crippen LogP) is 0.811. The lowest BCUT2D eigenvalue weighted by Crippen LogP contribution is -2.53. The zero-order valence-electron chi connectivity index (χ0n) is 12.5. The van der Waals surface area contributed by atoms with E-state index in [1.807, 2.05) is 30.3 Å². The van der Waals surface area contributed by atoms with Crippen LogP contribution >= 0.6 is 0 Å². The minimum atomic E-state index is -1.17. The van der Waals surface area contributed by atoms with Gasteiger partial charge in [-0.2, -0.15) is 0 Å². The number of hydrogen-bond acceptors (Lipinski definition) is 3. The zero-order valence-corrected chi connectivity index (χ0v) is 12.5. The first-order valence-electron chi connectivity index (χ1n) is 7.28. The van der Waals surface area contributed by atoms with E-state index >= 15 is 0 Å². The average molecular weight is 304 g/mol. The molecule has 6 heteroatoms. The lowest BCUT2D eigenvalue weighted by molar-refractivity contribution is -0.155. The highest BCUT2D eigenvalue weighted by Crippen LogP contribution is 2.29. The fourth-order valence-corrected chi connectivity index (χ4v) is 2.70. The second-order valence-corrected chi connectivity index (χ2v) is 5.67. The second-order valence-electron chi connectivity index (χ2n) is 5.67. The van der Waals surface area contributed by atoms with Gasteiger partial charge in [0.1, 0.15) is 5.54 Å². The maximum atomic E-state index is 12.2. The van der Waals surface area contributed by atoms with Crippen LogP contribution in [0.4, 0.5) is 0 Å². The zero-order chi connectivity index (χ0) is 16.2. The van der Waals surface area contributed by atoms with Crippen molar-refractivity contribution < 1.29 is 19.5 Å². The van der Waals surface area contributed by atoms with Crippen LogP contribution in [0.25, 0.3) is 0 Å². The number of carbonyl (C=O) groups is 3. The Morgan fingerprint density at radius 1 is 1.27 bits per heavy atom. The molecule has 2 rings (SSSR count). The average Bonchev–Trinajstić information content (AvgIpc) is 2.89. The summed E-state index contributed by atoms with van der Waals surface area (Å²) >= 11 is 0. The number of likely N-dealkylation sites (tertiary alicyclic amines) is 1. The molecule has 1 aliphatic heterocycles. The highest BCUT2D eigenvalue weighted by atomic mass is 16.4. The number of hydrogen-bond donors (Lipinski definition) is 2. The molecule has 2 N–H and O–H groups in total. The molecule has 0 saturated carbocycles. The van der Waals surface area contributed by atoms with Gasteiger partial charge in [-0.1, -0.05) is 30.3 Å². The molecule has 0 aliphatic carbocycles. The van der Waals surface area contributed by atoms with Gasteiger partial charge in [0.15, 0.2) is 0 Å². The van der Waals surface area contributed by atoms with Crippen molar-refractivity contribution in [3.63, 3.8) is 0 Å². The molecule has 118 valence electrons. The van der Waals surface area contributed by atoms with E-state index in [1.165, 1.54) is 4.90 Å². The van der Waals surface area contributed by atoms with E-state index < -0.39 is 11.5 Å². The molecule has 0 radical (unpaired) electrons. The topological polar surface area (TPSA) is 86.7 Å². The van der Waals surface area contributed by atoms with Gasteiger partial charge in [-0.3, -0.25) is 9.59 Å². The number of carboxylic acid groups (broad SMARTS) is 1. The van der Waals surface area contributed by atoms with Crippen LogP contribution in [-0.4, -0.2) is 46.4 Å². The van der Waals surface area contributed by atoms with Gasteiger partial charge in [0.2, 0.25) is 11.8 Å². The first-order chi connectivity index (χ1) is 10.4. The molecule has 1 heterocycles. The predicted molar refractivity (Wildman–Crippen MR) is 80.1 cm³/mol. The molecule has 1 aromatic carbocycles. The normalized spacial score (nSPS) is 20.7.